The number of nitro groups is 1. The lowest BCUT2D eigenvalue weighted by Crippen LogP contribution is -2.24. The predicted molar refractivity (Wildman–Crippen MR) is 65.9 cm³/mol. The number of nitrogens with zero attached hydrogens (tertiary/aromatic N) is 2. The first kappa shape index (κ1) is 12.9. The molecule has 0 radical (unpaired) electrons. The topological polar surface area (TPSA) is 68.1 Å². The Kier molecular flexibility index (Phi) is 4.67. The molecule has 0 bridgehead atoms. The zero-order chi connectivity index (χ0) is 12.1. The van der Waals surface area contributed by atoms with Crippen LogP contribution in [-0.4, -0.2) is 15.9 Å². The third kappa shape index (κ3) is 3.16. The van der Waals surface area contributed by atoms with Crippen molar-refractivity contribution in [2.24, 2.45) is 5.92 Å². The highest BCUT2D eigenvalue weighted by atomic mass is 32.1. The minimum atomic E-state index is -0.412. The van der Waals surface area contributed by atoms with E-state index < -0.39 is 4.92 Å². The quantitative estimate of drug-likeness (QED) is 0.615. The van der Waals surface area contributed by atoms with Gasteiger partial charge >= 0.3 is 5.00 Å². The molecule has 1 unspecified atom stereocenters. The van der Waals surface area contributed by atoms with E-state index in [0.717, 1.165) is 24.2 Å². The SMILES string of the molecule is CCC(CC)C(C)Nc1ncc([N+](=O)[O-])s1. The summed E-state index contributed by atoms with van der Waals surface area (Å²) in [6, 6.07) is 0.292. The van der Waals surface area contributed by atoms with Gasteiger partial charge in [-0.15, -0.1) is 0 Å². The van der Waals surface area contributed by atoms with Gasteiger partial charge in [0.25, 0.3) is 0 Å². The Bertz CT molecular complexity index is 350. The summed E-state index contributed by atoms with van der Waals surface area (Å²) in [6.45, 7) is 6.39. The van der Waals surface area contributed by atoms with Crippen molar-refractivity contribution in [2.45, 2.75) is 39.7 Å². The van der Waals surface area contributed by atoms with Crippen LogP contribution in [0, 0.1) is 16.0 Å². The molecule has 0 saturated heterocycles. The number of nitrogens with one attached hydrogen (secondary N) is 1. The molecule has 16 heavy (non-hydrogen) atoms. The van der Waals surface area contributed by atoms with E-state index in [1.54, 1.807) is 0 Å². The van der Waals surface area contributed by atoms with Gasteiger partial charge < -0.3 is 5.32 Å². The zero-order valence-electron chi connectivity index (χ0n) is 9.77. The van der Waals surface area contributed by atoms with Gasteiger partial charge in [0.1, 0.15) is 6.20 Å². The third-order valence-electron chi connectivity index (χ3n) is 2.78. The van der Waals surface area contributed by atoms with Gasteiger partial charge in [0.05, 0.1) is 4.92 Å². The fourth-order valence-corrected chi connectivity index (χ4v) is 2.45. The summed E-state index contributed by atoms with van der Waals surface area (Å²) in [5.74, 6) is 0.572. The first-order valence-electron chi connectivity index (χ1n) is 5.45. The minimum absolute atomic E-state index is 0.0826. The Labute approximate surface area is 99.0 Å². The summed E-state index contributed by atoms with van der Waals surface area (Å²) in [5, 5.41) is 14.4. The maximum absolute atomic E-state index is 10.5. The first-order chi connectivity index (χ1) is 7.58. The third-order valence-corrected chi connectivity index (χ3v) is 3.66. The van der Waals surface area contributed by atoms with Crippen LogP contribution in [0.5, 0.6) is 0 Å². The molecule has 1 aromatic rings. The highest BCUT2D eigenvalue weighted by Gasteiger charge is 2.17. The summed E-state index contributed by atoms with van der Waals surface area (Å²) in [4.78, 5) is 14.1. The lowest BCUT2D eigenvalue weighted by molar-refractivity contribution is -0.380. The molecule has 0 saturated carbocycles. The van der Waals surface area contributed by atoms with Crippen molar-refractivity contribution < 1.29 is 4.92 Å². The van der Waals surface area contributed by atoms with E-state index in [1.165, 1.54) is 6.20 Å². The summed E-state index contributed by atoms with van der Waals surface area (Å²) in [5.41, 5.74) is 0. The summed E-state index contributed by atoms with van der Waals surface area (Å²) in [7, 11) is 0. The van der Waals surface area contributed by atoms with Crippen molar-refractivity contribution in [1.82, 2.24) is 4.98 Å². The summed E-state index contributed by atoms with van der Waals surface area (Å²) >= 11 is 1.09. The Balaban J connectivity index is 2.62. The van der Waals surface area contributed by atoms with Gasteiger partial charge in [-0.1, -0.05) is 26.7 Å². The number of thiazole rings is 1. The van der Waals surface area contributed by atoms with Crippen LogP contribution < -0.4 is 5.32 Å². The van der Waals surface area contributed by atoms with Crippen LogP contribution in [0.2, 0.25) is 0 Å². The zero-order valence-corrected chi connectivity index (χ0v) is 10.6. The van der Waals surface area contributed by atoms with E-state index >= 15 is 0 Å². The van der Waals surface area contributed by atoms with Crippen molar-refractivity contribution in [3.63, 3.8) is 0 Å². The second kappa shape index (κ2) is 5.79. The number of hydrogen-bond donors (Lipinski definition) is 1. The smallest absolute Gasteiger partial charge is 0.345 e. The molecule has 1 heterocycles. The Morgan fingerprint density at radius 3 is 2.62 bits per heavy atom. The predicted octanol–water partition coefficient (Wildman–Crippen LogP) is 3.29. The van der Waals surface area contributed by atoms with E-state index in [0.29, 0.717) is 17.1 Å². The van der Waals surface area contributed by atoms with Crippen LogP contribution in [0.3, 0.4) is 0 Å². The monoisotopic (exact) mass is 243 g/mol. The van der Waals surface area contributed by atoms with Crippen LogP contribution in [0.1, 0.15) is 33.6 Å². The molecule has 0 amide bonds. The van der Waals surface area contributed by atoms with Gasteiger partial charge in [-0.3, -0.25) is 10.1 Å². The maximum atomic E-state index is 10.5. The van der Waals surface area contributed by atoms with Gasteiger partial charge in [0.15, 0.2) is 5.13 Å². The Morgan fingerprint density at radius 1 is 1.56 bits per heavy atom. The van der Waals surface area contributed by atoms with Crippen LogP contribution in [0.25, 0.3) is 0 Å². The van der Waals surface area contributed by atoms with E-state index in [9.17, 15) is 10.1 Å². The highest BCUT2D eigenvalue weighted by molar-refractivity contribution is 7.18. The van der Waals surface area contributed by atoms with Crippen molar-refractivity contribution in [3.05, 3.63) is 16.3 Å². The number of rotatable bonds is 6. The van der Waals surface area contributed by atoms with Crippen molar-refractivity contribution in [2.75, 3.05) is 5.32 Å². The van der Waals surface area contributed by atoms with Crippen molar-refractivity contribution in [3.8, 4) is 0 Å². The average Bonchev–Trinajstić information content (AvgIpc) is 2.68. The molecule has 0 aromatic carbocycles. The van der Waals surface area contributed by atoms with Gasteiger partial charge in [0.2, 0.25) is 0 Å². The fraction of sp³-hybridized carbons (Fsp3) is 0.700. The van der Waals surface area contributed by atoms with Gasteiger partial charge in [-0.05, 0) is 24.2 Å². The molecule has 1 N–H and O–H groups in total. The number of hydrogen-bond acceptors (Lipinski definition) is 5. The molecular weight excluding hydrogens is 226 g/mol. The second-order valence-electron chi connectivity index (χ2n) is 3.77. The molecule has 0 fully saturated rings. The van der Waals surface area contributed by atoms with Crippen LogP contribution in [-0.2, 0) is 0 Å². The lowest BCUT2D eigenvalue weighted by Gasteiger charge is -2.21. The molecule has 1 atom stereocenters. The Hall–Kier alpha value is -1.17. The molecule has 0 spiro atoms. The van der Waals surface area contributed by atoms with Crippen LogP contribution in [0.4, 0.5) is 10.1 Å². The van der Waals surface area contributed by atoms with Crippen LogP contribution >= 0.6 is 11.3 Å². The molecule has 6 heteroatoms. The lowest BCUT2D eigenvalue weighted by atomic mass is 9.96. The van der Waals surface area contributed by atoms with Crippen LogP contribution in [0.15, 0.2) is 6.20 Å². The summed E-state index contributed by atoms with van der Waals surface area (Å²) < 4.78 is 0. The minimum Gasteiger partial charge on any atom is -0.359 e. The first-order valence-corrected chi connectivity index (χ1v) is 6.26. The van der Waals surface area contributed by atoms with E-state index in [-0.39, 0.29) is 5.00 Å². The van der Waals surface area contributed by atoms with E-state index in [1.807, 2.05) is 0 Å². The molecular formula is C10H17N3O2S. The average molecular weight is 243 g/mol. The molecule has 0 aliphatic carbocycles. The molecule has 1 rings (SSSR count). The van der Waals surface area contributed by atoms with Crippen molar-refractivity contribution in [1.29, 1.82) is 0 Å². The standard InChI is InChI=1S/C10H17N3O2S/c1-4-8(5-2)7(3)12-10-11-6-9(16-10)13(14)15/h6-8H,4-5H2,1-3H3,(H,11,12). The van der Waals surface area contributed by atoms with Gasteiger partial charge in [-0.2, -0.15) is 0 Å². The molecule has 5 nitrogen and oxygen atoms in total. The normalized spacial score (nSPS) is 12.8. The molecule has 1 aromatic heterocycles. The fourth-order valence-electron chi connectivity index (χ4n) is 1.73. The highest BCUT2D eigenvalue weighted by Crippen LogP contribution is 2.27. The number of aromatic nitrogens is 1. The molecule has 0 aliphatic heterocycles. The van der Waals surface area contributed by atoms with E-state index in [4.69, 9.17) is 0 Å². The van der Waals surface area contributed by atoms with E-state index in [2.05, 4.69) is 31.1 Å². The van der Waals surface area contributed by atoms with Gasteiger partial charge in [-0.25, -0.2) is 4.98 Å². The summed E-state index contributed by atoms with van der Waals surface area (Å²) in [6.07, 6.45) is 3.49. The Morgan fingerprint density at radius 2 is 2.19 bits per heavy atom. The van der Waals surface area contributed by atoms with Gasteiger partial charge in [0, 0.05) is 6.04 Å². The second-order valence-corrected chi connectivity index (χ2v) is 4.78. The molecule has 0 aliphatic rings. The maximum Gasteiger partial charge on any atom is 0.345 e. The number of anilines is 1. The molecule has 90 valence electrons. The largest absolute Gasteiger partial charge is 0.359 e. The van der Waals surface area contributed by atoms with Crippen molar-refractivity contribution >= 4 is 21.5 Å².